The predicted octanol–water partition coefficient (Wildman–Crippen LogP) is 3.09. The summed E-state index contributed by atoms with van der Waals surface area (Å²) in [5.41, 5.74) is 1.84. The van der Waals surface area contributed by atoms with Gasteiger partial charge in [0, 0.05) is 56.0 Å². The maximum absolute atomic E-state index is 12.7. The molecule has 1 heterocycles. The molecule has 0 bridgehead atoms. The molecule has 8 nitrogen and oxygen atoms in total. The number of carbonyl (C=O) groups excluding carboxylic acids is 1. The molecule has 8 heteroatoms. The van der Waals surface area contributed by atoms with E-state index in [0.29, 0.717) is 48.4 Å². The molecule has 0 unspecified atom stereocenters. The lowest BCUT2D eigenvalue weighted by Gasteiger charge is -2.34. The van der Waals surface area contributed by atoms with Crippen molar-refractivity contribution in [3.05, 3.63) is 47.5 Å². The summed E-state index contributed by atoms with van der Waals surface area (Å²) in [6, 6.07) is 9.38. The summed E-state index contributed by atoms with van der Waals surface area (Å²) < 4.78 is 27.1. The van der Waals surface area contributed by atoms with Crippen LogP contribution in [-0.2, 0) is 11.3 Å². The molecule has 1 amide bonds. The fraction of sp³-hybridized carbons (Fsp3) is 0.400. The third kappa shape index (κ3) is 5.70. The van der Waals surface area contributed by atoms with E-state index in [2.05, 4.69) is 4.90 Å². The molecular weight excluding hydrogens is 424 g/mol. The Morgan fingerprint density at radius 3 is 2.12 bits per heavy atom. The van der Waals surface area contributed by atoms with Gasteiger partial charge in [-0.25, -0.2) is 0 Å². The fourth-order valence-electron chi connectivity index (χ4n) is 3.88. The molecule has 0 aliphatic carbocycles. The Labute approximate surface area is 195 Å². The number of hydrogen-bond donors (Lipinski definition) is 0. The maximum atomic E-state index is 12.7. The second-order valence-electron chi connectivity index (χ2n) is 7.54. The van der Waals surface area contributed by atoms with Crippen LogP contribution in [-0.4, -0.2) is 77.4 Å². The molecule has 1 aliphatic rings. The first-order chi connectivity index (χ1) is 16.0. The van der Waals surface area contributed by atoms with Crippen molar-refractivity contribution in [1.29, 1.82) is 0 Å². The first-order valence-electron chi connectivity index (χ1n) is 10.7. The van der Waals surface area contributed by atoms with Crippen molar-refractivity contribution in [3.8, 4) is 28.7 Å². The summed E-state index contributed by atoms with van der Waals surface area (Å²) in [5, 5.41) is 0. The number of carbonyl (C=O) groups is 1. The highest BCUT2D eigenvalue weighted by atomic mass is 16.5. The van der Waals surface area contributed by atoms with Gasteiger partial charge in [-0.3, -0.25) is 9.69 Å². The normalized spacial score (nSPS) is 14.3. The zero-order chi connectivity index (χ0) is 23.8. The molecule has 178 valence electrons. The van der Waals surface area contributed by atoms with Gasteiger partial charge in [-0.1, -0.05) is 6.07 Å². The minimum atomic E-state index is -0.0174. The Kier molecular flexibility index (Phi) is 8.43. The highest BCUT2D eigenvalue weighted by Gasteiger charge is 2.22. The summed E-state index contributed by atoms with van der Waals surface area (Å²) in [6.07, 6.45) is 3.37. The van der Waals surface area contributed by atoms with Crippen LogP contribution in [0.1, 0.15) is 11.1 Å². The quantitative estimate of drug-likeness (QED) is 0.537. The molecule has 0 N–H and O–H groups in total. The van der Waals surface area contributed by atoms with E-state index in [-0.39, 0.29) is 5.91 Å². The number of methoxy groups -OCH3 is 5. The zero-order valence-corrected chi connectivity index (χ0v) is 19.9. The van der Waals surface area contributed by atoms with E-state index < -0.39 is 0 Å². The monoisotopic (exact) mass is 456 g/mol. The molecule has 3 rings (SSSR count). The molecular formula is C25H32N2O6. The van der Waals surface area contributed by atoms with Crippen molar-refractivity contribution < 1.29 is 28.5 Å². The molecule has 0 saturated carbocycles. The van der Waals surface area contributed by atoms with Crippen LogP contribution in [0, 0.1) is 0 Å². The van der Waals surface area contributed by atoms with Gasteiger partial charge in [-0.2, -0.15) is 0 Å². The van der Waals surface area contributed by atoms with Gasteiger partial charge in [0.1, 0.15) is 11.5 Å². The average molecular weight is 457 g/mol. The lowest BCUT2D eigenvalue weighted by atomic mass is 10.1. The average Bonchev–Trinajstić information content (AvgIpc) is 2.87. The number of hydrogen-bond acceptors (Lipinski definition) is 7. The summed E-state index contributed by atoms with van der Waals surface area (Å²) in [5.74, 6) is 3.24. The summed E-state index contributed by atoms with van der Waals surface area (Å²) in [4.78, 5) is 16.9. The zero-order valence-electron chi connectivity index (χ0n) is 19.9. The molecule has 1 fully saturated rings. The van der Waals surface area contributed by atoms with Crippen molar-refractivity contribution >= 4 is 12.0 Å². The van der Waals surface area contributed by atoms with Gasteiger partial charge in [0.2, 0.25) is 11.7 Å². The molecule has 0 aromatic heterocycles. The van der Waals surface area contributed by atoms with Gasteiger partial charge < -0.3 is 28.6 Å². The highest BCUT2D eigenvalue weighted by molar-refractivity contribution is 5.92. The second-order valence-corrected chi connectivity index (χ2v) is 7.54. The van der Waals surface area contributed by atoms with Crippen LogP contribution in [0.5, 0.6) is 28.7 Å². The molecule has 2 aromatic rings. The number of benzene rings is 2. The number of amides is 1. The molecule has 2 aromatic carbocycles. The largest absolute Gasteiger partial charge is 0.497 e. The molecule has 33 heavy (non-hydrogen) atoms. The Morgan fingerprint density at radius 2 is 1.52 bits per heavy atom. The SMILES string of the molecule is COc1ccc(/C=C/C(=O)N2CCN(Cc3ccc(OC)c(OC)c3OC)CC2)c(OC)c1. The maximum Gasteiger partial charge on any atom is 0.246 e. The lowest BCUT2D eigenvalue weighted by Crippen LogP contribution is -2.47. The van der Waals surface area contributed by atoms with Crippen LogP contribution in [0.4, 0.5) is 0 Å². The van der Waals surface area contributed by atoms with E-state index in [1.807, 2.05) is 29.2 Å². The van der Waals surface area contributed by atoms with Crippen molar-refractivity contribution in [2.24, 2.45) is 0 Å². The van der Waals surface area contributed by atoms with E-state index >= 15 is 0 Å². The first-order valence-corrected chi connectivity index (χ1v) is 10.7. The van der Waals surface area contributed by atoms with Crippen molar-refractivity contribution in [2.75, 3.05) is 61.7 Å². The van der Waals surface area contributed by atoms with Gasteiger partial charge in [0.15, 0.2) is 11.5 Å². The van der Waals surface area contributed by atoms with Gasteiger partial charge >= 0.3 is 0 Å². The Hall–Kier alpha value is -3.39. The van der Waals surface area contributed by atoms with Crippen LogP contribution in [0.25, 0.3) is 6.08 Å². The minimum absolute atomic E-state index is 0.0174. The molecule has 0 atom stereocenters. The van der Waals surface area contributed by atoms with Crippen LogP contribution in [0.15, 0.2) is 36.4 Å². The fourth-order valence-corrected chi connectivity index (χ4v) is 3.88. The summed E-state index contributed by atoms with van der Waals surface area (Å²) in [6.45, 7) is 3.54. The standard InChI is InChI=1S/C25H32N2O6/c1-29-20-9-6-18(22(16-20)31-3)8-11-23(28)27-14-12-26(13-15-27)17-19-7-10-21(30-2)25(33-5)24(19)32-4/h6-11,16H,12-15,17H2,1-5H3/b11-8+. The number of nitrogens with zero attached hydrogens (tertiary/aromatic N) is 2. The Morgan fingerprint density at radius 1 is 0.818 bits per heavy atom. The van der Waals surface area contributed by atoms with Crippen molar-refractivity contribution in [3.63, 3.8) is 0 Å². The van der Waals surface area contributed by atoms with E-state index in [1.54, 1.807) is 53.8 Å². The predicted molar refractivity (Wildman–Crippen MR) is 127 cm³/mol. The van der Waals surface area contributed by atoms with E-state index in [4.69, 9.17) is 23.7 Å². The number of ether oxygens (including phenoxy) is 5. The van der Waals surface area contributed by atoms with E-state index in [0.717, 1.165) is 24.2 Å². The van der Waals surface area contributed by atoms with Crippen LogP contribution >= 0.6 is 0 Å². The first kappa shape index (κ1) is 24.3. The number of piperazine rings is 1. The lowest BCUT2D eigenvalue weighted by molar-refractivity contribution is -0.127. The molecule has 1 saturated heterocycles. The smallest absolute Gasteiger partial charge is 0.246 e. The van der Waals surface area contributed by atoms with Crippen LogP contribution in [0.2, 0.25) is 0 Å². The highest BCUT2D eigenvalue weighted by Crippen LogP contribution is 2.40. The van der Waals surface area contributed by atoms with E-state index in [9.17, 15) is 4.79 Å². The summed E-state index contributed by atoms with van der Waals surface area (Å²) >= 11 is 0. The summed E-state index contributed by atoms with van der Waals surface area (Å²) in [7, 11) is 8.03. The van der Waals surface area contributed by atoms with Crippen molar-refractivity contribution in [1.82, 2.24) is 9.80 Å². The Bertz CT molecular complexity index is 983. The van der Waals surface area contributed by atoms with Gasteiger partial charge in [-0.05, 0) is 24.3 Å². The molecule has 0 spiro atoms. The second kappa shape index (κ2) is 11.5. The van der Waals surface area contributed by atoms with E-state index in [1.165, 1.54) is 0 Å². The van der Waals surface area contributed by atoms with Crippen LogP contribution < -0.4 is 23.7 Å². The van der Waals surface area contributed by atoms with Crippen molar-refractivity contribution in [2.45, 2.75) is 6.54 Å². The Balaban J connectivity index is 1.60. The third-order valence-corrected chi connectivity index (χ3v) is 5.71. The topological polar surface area (TPSA) is 69.7 Å². The minimum Gasteiger partial charge on any atom is -0.497 e. The third-order valence-electron chi connectivity index (χ3n) is 5.71. The van der Waals surface area contributed by atoms with Gasteiger partial charge in [-0.15, -0.1) is 0 Å². The molecule has 0 radical (unpaired) electrons. The van der Waals surface area contributed by atoms with Gasteiger partial charge in [0.05, 0.1) is 35.5 Å². The van der Waals surface area contributed by atoms with Gasteiger partial charge in [0.25, 0.3) is 0 Å². The molecule has 1 aliphatic heterocycles. The number of rotatable bonds is 9. The van der Waals surface area contributed by atoms with Crippen LogP contribution in [0.3, 0.4) is 0 Å².